The van der Waals surface area contributed by atoms with E-state index in [4.69, 9.17) is 10.7 Å². The van der Waals surface area contributed by atoms with E-state index < -0.39 is 0 Å². The number of nitrogens with zero attached hydrogens (tertiary/aromatic N) is 3. The molecule has 1 aromatic heterocycles. The fourth-order valence-corrected chi connectivity index (χ4v) is 3.85. The van der Waals surface area contributed by atoms with Crippen molar-refractivity contribution in [2.45, 2.75) is 45.3 Å². The Bertz CT molecular complexity index is 700. The summed E-state index contributed by atoms with van der Waals surface area (Å²) in [6.45, 7) is 6.95. The van der Waals surface area contributed by atoms with Gasteiger partial charge in [-0.2, -0.15) is 0 Å². The van der Waals surface area contributed by atoms with E-state index in [1.54, 1.807) is 0 Å². The SMILES string of the molecule is Cc1cccc(CN(CCCCN)C[C@H]2Cc3ccccc3CN2C)n1. The maximum absolute atomic E-state index is 5.71. The minimum absolute atomic E-state index is 0.549. The minimum atomic E-state index is 0.549. The first-order chi connectivity index (χ1) is 12.7. The molecule has 0 saturated carbocycles. The summed E-state index contributed by atoms with van der Waals surface area (Å²) in [5.41, 5.74) is 10.9. The van der Waals surface area contributed by atoms with E-state index in [0.29, 0.717) is 6.04 Å². The van der Waals surface area contributed by atoms with Crippen LogP contribution < -0.4 is 5.73 Å². The Morgan fingerprint density at radius 1 is 1.12 bits per heavy atom. The van der Waals surface area contributed by atoms with Gasteiger partial charge in [-0.15, -0.1) is 0 Å². The molecule has 3 rings (SSSR count). The molecule has 4 heteroatoms. The highest BCUT2D eigenvalue weighted by Gasteiger charge is 2.25. The summed E-state index contributed by atoms with van der Waals surface area (Å²) in [6.07, 6.45) is 3.36. The number of fused-ring (bicyclic) bond motifs is 1. The molecule has 0 saturated heterocycles. The molecule has 0 aliphatic carbocycles. The predicted octanol–water partition coefficient (Wildman–Crippen LogP) is 2.99. The van der Waals surface area contributed by atoms with Crippen LogP contribution in [-0.4, -0.2) is 47.5 Å². The highest BCUT2D eigenvalue weighted by molar-refractivity contribution is 5.30. The minimum Gasteiger partial charge on any atom is -0.330 e. The molecular formula is C22H32N4. The number of aromatic nitrogens is 1. The Labute approximate surface area is 158 Å². The highest BCUT2D eigenvalue weighted by Crippen LogP contribution is 2.23. The maximum Gasteiger partial charge on any atom is 0.0547 e. The van der Waals surface area contributed by atoms with Crippen molar-refractivity contribution in [2.24, 2.45) is 5.73 Å². The molecule has 0 unspecified atom stereocenters. The number of nitrogens with two attached hydrogens (primary N) is 1. The zero-order chi connectivity index (χ0) is 18.4. The van der Waals surface area contributed by atoms with E-state index in [9.17, 15) is 0 Å². The lowest BCUT2D eigenvalue weighted by atomic mass is 9.94. The lowest BCUT2D eigenvalue weighted by Crippen LogP contribution is -2.45. The van der Waals surface area contributed by atoms with Gasteiger partial charge in [0.2, 0.25) is 0 Å². The molecule has 26 heavy (non-hydrogen) atoms. The normalized spacial score (nSPS) is 17.5. The molecule has 140 valence electrons. The van der Waals surface area contributed by atoms with Crippen molar-refractivity contribution in [1.82, 2.24) is 14.8 Å². The number of hydrogen-bond acceptors (Lipinski definition) is 4. The molecule has 4 nitrogen and oxygen atoms in total. The fourth-order valence-electron chi connectivity index (χ4n) is 3.85. The lowest BCUT2D eigenvalue weighted by molar-refractivity contribution is 0.139. The third kappa shape index (κ3) is 5.13. The first-order valence-electron chi connectivity index (χ1n) is 9.77. The van der Waals surface area contributed by atoms with Gasteiger partial charge in [-0.05, 0) is 69.6 Å². The highest BCUT2D eigenvalue weighted by atomic mass is 15.2. The van der Waals surface area contributed by atoms with Crippen molar-refractivity contribution < 1.29 is 0 Å². The molecule has 1 aliphatic rings. The number of rotatable bonds is 8. The third-order valence-electron chi connectivity index (χ3n) is 5.35. The van der Waals surface area contributed by atoms with Crippen molar-refractivity contribution in [2.75, 3.05) is 26.7 Å². The molecule has 0 fully saturated rings. The molecule has 0 spiro atoms. The van der Waals surface area contributed by atoms with Crippen LogP contribution in [0.25, 0.3) is 0 Å². The second kappa shape index (κ2) is 9.26. The topological polar surface area (TPSA) is 45.4 Å². The molecule has 1 aliphatic heterocycles. The zero-order valence-corrected chi connectivity index (χ0v) is 16.2. The van der Waals surface area contributed by atoms with Crippen LogP contribution in [-0.2, 0) is 19.5 Å². The van der Waals surface area contributed by atoms with Crippen molar-refractivity contribution in [3.8, 4) is 0 Å². The number of likely N-dealkylation sites (N-methyl/N-ethyl adjacent to an activating group) is 1. The molecule has 0 amide bonds. The van der Waals surface area contributed by atoms with Crippen LogP contribution in [0, 0.1) is 6.92 Å². The van der Waals surface area contributed by atoms with Gasteiger partial charge in [0.1, 0.15) is 0 Å². The van der Waals surface area contributed by atoms with Crippen LogP contribution in [0.5, 0.6) is 0 Å². The van der Waals surface area contributed by atoms with Crippen molar-refractivity contribution in [1.29, 1.82) is 0 Å². The smallest absolute Gasteiger partial charge is 0.0547 e. The average Bonchev–Trinajstić information content (AvgIpc) is 2.62. The van der Waals surface area contributed by atoms with Crippen LogP contribution in [0.4, 0.5) is 0 Å². The van der Waals surface area contributed by atoms with Gasteiger partial charge in [0.15, 0.2) is 0 Å². The van der Waals surface area contributed by atoms with E-state index in [2.05, 4.69) is 66.2 Å². The molecular weight excluding hydrogens is 320 g/mol. The van der Waals surface area contributed by atoms with Crippen LogP contribution in [0.2, 0.25) is 0 Å². The maximum atomic E-state index is 5.71. The van der Waals surface area contributed by atoms with E-state index in [-0.39, 0.29) is 0 Å². The Morgan fingerprint density at radius 3 is 2.69 bits per heavy atom. The molecule has 1 aromatic carbocycles. The van der Waals surface area contributed by atoms with Crippen molar-refractivity contribution >= 4 is 0 Å². The summed E-state index contributed by atoms with van der Waals surface area (Å²) >= 11 is 0. The average molecular weight is 353 g/mol. The number of hydrogen-bond donors (Lipinski definition) is 1. The van der Waals surface area contributed by atoms with Gasteiger partial charge >= 0.3 is 0 Å². The standard InChI is InChI=1S/C22H32N4/c1-18-8-7-11-21(24-18)16-26(13-6-5-12-23)17-22-14-19-9-3-4-10-20(19)15-25(22)2/h3-4,7-11,22H,5-6,12-17,23H2,1-2H3/t22-/m1/s1. The lowest BCUT2D eigenvalue weighted by Gasteiger charge is -2.37. The quantitative estimate of drug-likeness (QED) is 0.742. The van der Waals surface area contributed by atoms with E-state index in [1.807, 2.05) is 0 Å². The van der Waals surface area contributed by atoms with E-state index >= 15 is 0 Å². The first kappa shape index (κ1) is 19.0. The number of benzene rings is 1. The van der Waals surface area contributed by atoms with Gasteiger partial charge in [-0.25, -0.2) is 0 Å². The predicted molar refractivity (Wildman–Crippen MR) is 108 cm³/mol. The molecule has 2 aromatic rings. The van der Waals surface area contributed by atoms with Crippen molar-refractivity contribution in [3.63, 3.8) is 0 Å². The zero-order valence-electron chi connectivity index (χ0n) is 16.2. The van der Waals surface area contributed by atoms with Gasteiger partial charge in [0.25, 0.3) is 0 Å². The van der Waals surface area contributed by atoms with Crippen LogP contribution in [0.3, 0.4) is 0 Å². The fraction of sp³-hybridized carbons (Fsp3) is 0.500. The summed E-state index contributed by atoms with van der Waals surface area (Å²) in [4.78, 5) is 9.77. The first-order valence-corrected chi connectivity index (χ1v) is 9.77. The molecule has 0 bridgehead atoms. The Hall–Kier alpha value is -1.75. The van der Waals surface area contributed by atoms with E-state index in [1.165, 1.54) is 11.1 Å². The van der Waals surface area contributed by atoms with Crippen molar-refractivity contribution in [3.05, 3.63) is 65.0 Å². The number of aryl methyl sites for hydroxylation is 1. The summed E-state index contributed by atoms with van der Waals surface area (Å²) in [6, 6.07) is 15.7. The molecule has 2 heterocycles. The largest absolute Gasteiger partial charge is 0.330 e. The van der Waals surface area contributed by atoms with Gasteiger partial charge in [0, 0.05) is 31.4 Å². The Morgan fingerprint density at radius 2 is 1.92 bits per heavy atom. The number of unbranched alkanes of at least 4 members (excludes halogenated alkanes) is 1. The summed E-state index contributed by atoms with van der Waals surface area (Å²) in [5.74, 6) is 0. The second-order valence-electron chi connectivity index (χ2n) is 7.54. The molecule has 0 radical (unpaired) electrons. The van der Waals surface area contributed by atoms with Gasteiger partial charge < -0.3 is 5.73 Å². The van der Waals surface area contributed by atoms with Gasteiger partial charge in [-0.1, -0.05) is 30.3 Å². The molecule has 2 N–H and O–H groups in total. The van der Waals surface area contributed by atoms with Crippen LogP contribution >= 0.6 is 0 Å². The van der Waals surface area contributed by atoms with Gasteiger partial charge in [-0.3, -0.25) is 14.8 Å². The van der Waals surface area contributed by atoms with Crippen LogP contribution in [0.15, 0.2) is 42.5 Å². The molecule has 1 atom stereocenters. The third-order valence-corrected chi connectivity index (χ3v) is 5.35. The second-order valence-corrected chi connectivity index (χ2v) is 7.54. The van der Waals surface area contributed by atoms with Crippen LogP contribution in [0.1, 0.15) is 35.4 Å². The summed E-state index contributed by atoms with van der Waals surface area (Å²) in [5, 5.41) is 0. The Balaban J connectivity index is 1.68. The summed E-state index contributed by atoms with van der Waals surface area (Å²) < 4.78 is 0. The monoisotopic (exact) mass is 352 g/mol. The van der Waals surface area contributed by atoms with E-state index in [0.717, 1.165) is 63.4 Å². The summed E-state index contributed by atoms with van der Waals surface area (Å²) in [7, 11) is 2.25. The Kier molecular flexibility index (Phi) is 6.78. The number of pyridine rings is 1. The van der Waals surface area contributed by atoms with Gasteiger partial charge in [0.05, 0.1) is 5.69 Å².